The second-order valence-electron chi connectivity index (χ2n) is 4.73. The molecule has 0 unspecified atom stereocenters. The first-order valence-corrected chi connectivity index (χ1v) is 7.93. The first-order chi connectivity index (χ1) is 10.1. The topological polar surface area (TPSA) is 38.3 Å². The van der Waals surface area contributed by atoms with Crippen LogP contribution in [-0.2, 0) is 11.2 Å². The molecule has 2 rings (SSSR count). The van der Waals surface area contributed by atoms with Crippen LogP contribution in [0.5, 0.6) is 5.75 Å². The highest BCUT2D eigenvalue weighted by atomic mass is 32.2. The predicted molar refractivity (Wildman–Crippen MR) is 88.3 cm³/mol. The van der Waals surface area contributed by atoms with Gasteiger partial charge >= 0.3 is 0 Å². The third-order valence-corrected chi connectivity index (χ3v) is 4.00. The molecule has 1 N–H and O–H groups in total. The molecule has 0 saturated carbocycles. The van der Waals surface area contributed by atoms with Crippen molar-refractivity contribution < 1.29 is 9.53 Å². The van der Waals surface area contributed by atoms with Crippen molar-refractivity contribution in [1.29, 1.82) is 0 Å². The Kier molecular flexibility index (Phi) is 5.28. The molecule has 110 valence electrons. The van der Waals surface area contributed by atoms with Crippen molar-refractivity contribution >= 4 is 23.4 Å². The van der Waals surface area contributed by atoms with E-state index >= 15 is 0 Å². The molecule has 0 spiro atoms. The van der Waals surface area contributed by atoms with Crippen molar-refractivity contribution in [2.75, 3.05) is 18.7 Å². The van der Waals surface area contributed by atoms with Gasteiger partial charge in [-0.3, -0.25) is 4.79 Å². The molecule has 0 aliphatic rings. The summed E-state index contributed by atoms with van der Waals surface area (Å²) >= 11 is 1.62. The highest BCUT2D eigenvalue weighted by Crippen LogP contribution is 2.25. The van der Waals surface area contributed by atoms with Crippen LogP contribution in [0.3, 0.4) is 0 Å². The van der Waals surface area contributed by atoms with Crippen molar-refractivity contribution in [2.45, 2.75) is 18.2 Å². The minimum absolute atomic E-state index is 0.0129. The summed E-state index contributed by atoms with van der Waals surface area (Å²) in [6, 6.07) is 13.6. The van der Waals surface area contributed by atoms with E-state index in [1.807, 2.05) is 55.6 Å². The van der Waals surface area contributed by atoms with Gasteiger partial charge in [0.1, 0.15) is 5.75 Å². The van der Waals surface area contributed by atoms with Crippen molar-refractivity contribution in [3.8, 4) is 5.75 Å². The van der Waals surface area contributed by atoms with Crippen LogP contribution in [0.15, 0.2) is 47.4 Å². The maximum absolute atomic E-state index is 12.2. The number of benzene rings is 2. The van der Waals surface area contributed by atoms with Gasteiger partial charge in [-0.15, -0.1) is 11.8 Å². The molecule has 0 radical (unpaired) electrons. The third-order valence-electron chi connectivity index (χ3n) is 3.21. The molecule has 0 fully saturated rings. The van der Waals surface area contributed by atoms with E-state index in [0.29, 0.717) is 6.42 Å². The number of thioether (sulfide) groups is 1. The number of ether oxygens (including phenoxy) is 1. The Labute approximate surface area is 129 Å². The first kappa shape index (κ1) is 15.4. The van der Waals surface area contributed by atoms with Crippen LogP contribution in [0.1, 0.15) is 11.1 Å². The SMILES string of the molecule is COc1ccc(CC(=O)Nc2ccccc2SC)cc1C. The smallest absolute Gasteiger partial charge is 0.228 e. The van der Waals surface area contributed by atoms with E-state index in [1.54, 1.807) is 18.9 Å². The van der Waals surface area contributed by atoms with Crippen molar-refractivity contribution in [1.82, 2.24) is 0 Å². The lowest BCUT2D eigenvalue weighted by Gasteiger charge is -2.10. The summed E-state index contributed by atoms with van der Waals surface area (Å²) in [5, 5.41) is 2.97. The average Bonchev–Trinajstić information content (AvgIpc) is 2.48. The number of carbonyl (C=O) groups excluding carboxylic acids is 1. The van der Waals surface area contributed by atoms with Gasteiger partial charge in [0, 0.05) is 4.90 Å². The Balaban J connectivity index is 2.06. The number of rotatable bonds is 5. The zero-order chi connectivity index (χ0) is 15.2. The van der Waals surface area contributed by atoms with E-state index in [2.05, 4.69) is 5.32 Å². The average molecular weight is 301 g/mol. The highest BCUT2D eigenvalue weighted by Gasteiger charge is 2.08. The fourth-order valence-corrected chi connectivity index (χ4v) is 2.73. The summed E-state index contributed by atoms with van der Waals surface area (Å²) in [4.78, 5) is 13.2. The van der Waals surface area contributed by atoms with Crippen LogP contribution in [0, 0.1) is 6.92 Å². The Bertz CT molecular complexity index is 640. The molecule has 0 aromatic heterocycles. The summed E-state index contributed by atoms with van der Waals surface area (Å²) in [6.07, 6.45) is 2.35. The molecule has 4 heteroatoms. The largest absolute Gasteiger partial charge is 0.496 e. The van der Waals surface area contributed by atoms with Crippen molar-refractivity contribution in [3.63, 3.8) is 0 Å². The van der Waals surface area contributed by atoms with Gasteiger partial charge in [-0.05, 0) is 42.5 Å². The molecule has 0 atom stereocenters. The number of hydrogen-bond acceptors (Lipinski definition) is 3. The monoisotopic (exact) mass is 301 g/mol. The fraction of sp³-hybridized carbons (Fsp3) is 0.235. The number of anilines is 1. The van der Waals surface area contributed by atoms with Gasteiger partial charge in [-0.1, -0.05) is 24.3 Å². The van der Waals surface area contributed by atoms with Gasteiger partial charge in [0.2, 0.25) is 5.91 Å². The number of para-hydroxylation sites is 1. The first-order valence-electron chi connectivity index (χ1n) is 6.70. The zero-order valence-electron chi connectivity index (χ0n) is 12.5. The molecule has 0 bridgehead atoms. The van der Waals surface area contributed by atoms with Crippen molar-refractivity contribution in [3.05, 3.63) is 53.6 Å². The van der Waals surface area contributed by atoms with E-state index < -0.39 is 0 Å². The van der Waals surface area contributed by atoms with Crippen LogP contribution < -0.4 is 10.1 Å². The lowest BCUT2D eigenvalue weighted by molar-refractivity contribution is -0.115. The minimum Gasteiger partial charge on any atom is -0.496 e. The second-order valence-corrected chi connectivity index (χ2v) is 5.58. The minimum atomic E-state index is -0.0129. The number of carbonyl (C=O) groups is 1. The van der Waals surface area contributed by atoms with Gasteiger partial charge in [-0.2, -0.15) is 0 Å². The van der Waals surface area contributed by atoms with E-state index in [-0.39, 0.29) is 5.91 Å². The number of amides is 1. The molecule has 2 aromatic rings. The molecule has 21 heavy (non-hydrogen) atoms. The molecular formula is C17H19NO2S. The van der Waals surface area contributed by atoms with Gasteiger partial charge in [-0.25, -0.2) is 0 Å². The molecule has 3 nitrogen and oxygen atoms in total. The molecule has 1 amide bonds. The number of methoxy groups -OCH3 is 1. The molecule has 0 saturated heterocycles. The summed E-state index contributed by atoms with van der Waals surface area (Å²) in [7, 11) is 1.65. The van der Waals surface area contributed by atoms with Crippen LogP contribution in [0.4, 0.5) is 5.69 Å². The zero-order valence-corrected chi connectivity index (χ0v) is 13.3. The normalized spacial score (nSPS) is 10.2. The highest BCUT2D eigenvalue weighted by molar-refractivity contribution is 7.98. The second kappa shape index (κ2) is 7.18. The summed E-state index contributed by atoms with van der Waals surface area (Å²) in [5.41, 5.74) is 2.87. The van der Waals surface area contributed by atoms with Gasteiger partial charge in [0.15, 0.2) is 0 Å². The predicted octanol–water partition coefficient (Wildman–Crippen LogP) is 3.91. The van der Waals surface area contributed by atoms with Crippen LogP contribution >= 0.6 is 11.8 Å². The van der Waals surface area contributed by atoms with Gasteiger partial charge in [0.25, 0.3) is 0 Å². The Morgan fingerprint density at radius 2 is 2.00 bits per heavy atom. The summed E-state index contributed by atoms with van der Waals surface area (Å²) < 4.78 is 5.23. The Morgan fingerprint density at radius 1 is 1.24 bits per heavy atom. The molecule has 2 aromatic carbocycles. The molecular weight excluding hydrogens is 282 g/mol. The summed E-state index contributed by atoms with van der Waals surface area (Å²) in [5.74, 6) is 0.827. The lowest BCUT2D eigenvalue weighted by Crippen LogP contribution is -2.15. The Hall–Kier alpha value is -1.94. The summed E-state index contributed by atoms with van der Waals surface area (Å²) in [6.45, 7) is 1.98. The lowest BCUT2D eigenvalue weighted by atomic mass is 10.1. The van der Waals surface area contributed by atoms with Gasteiger partial charge in [0.05, 0.1) is 19.2 Å². The molecule has 0 aliphatic carbocycles. The number of nitrogens with one attached hydrogen (secondary N) is 1. The molecule has 0 heterocycles. The van der Waals surface area contributed by atoms with E-state index in [9.17, 15) is 4.79 Å². The Morgan fingerprint density at radius 3 is 2.67 bits per heavy atom. The van der Waals surface area contributed by atoms with Crippen LogP contribution in [0.2, 0.25) is 0 Å². The molecule has 0 aliphatic heterocycles. The maximum Gasteiger partial charge on any atom is 0.228 e. The quantitative estimate of drug-likeness (QED) is 0.851. The number of hydrogen-bond donors (Lipinski definition) is 1. The maximum atomic E-state index is 12.2. The number of aryl methyl sites for hydroxylation is 1. The van der Waals surface area contributed by atoms with Crippen LogP contribution in [0.25, 0.3) is 0 Å². The standard InChI is InChI=1S/C17H19NO2S/c1-12-10-13(8-9-15(12)20-2)11-17(19)18-14-6-4-5-7-16(14)21-3/h4-10H,11H2,1-3H3,(H,18,19). The van der Waals surface area contributed by atoms with E-state index in [1.165, 1.54) is 0 Å². The van der Waals surface area contributed by atoms with Crippen molar-refractivity contribution in [2.24, 2.45) is 0 Å². The third kappa shape index (κ3) is 4.02. The van der Waals surface area contributed by atoms with E-state index in [0.717, 1.165) is 27.5 Å². The van der Waals surface area contributed by atoms with Crippen LogP contribution in [-0.4, -0.2) is 19.3 Å². The van der Waals surface area contributed by atoms with E-state index in [4.69, 9.17) is 4.74 Å². The fourth-order valence-electron chi connectivity index (χ4n) is 2.18. The van der Waals surface area contributed by atoms with Gasteiger partial charge < -0.3 is 10.1 Å².